The number of halogens is 1. The van der Waals surface area contributed by atoms with Crippen molar-refractivity contribution in [3.05, 3.63) is 48.0 Å². The van der Waals surface area contributed by atoms with Crippen LogP contribution in [0.25, 0.3) is 0 Å². The maximum absolute atomic E-state index is 12.1. The highest BCUT2D eigenvalue weighted by atomic mass is 127. The Labute approximate surface area is 194 Å². The summed E-state index contributed by atoms with van der Waals surface area (Å²) in [5.74, 6) is 2.18. The van der Waals surface area contributed by atoms with Crippen molar-refractivity contribution < 1.29 is 14.3 Å². The minimum Gasteiger partial charge on any atom is -0.493 e. The van der Waals surface area contributed by atoms with E-state index >= 15 is 0 Å². The number of carbonyl (C=O) groups excluding carboxylic acids is 1. The van der Waals surface area contributed by atoms with Crippen molar-refractivity contribution in [3.8, 4) is 11.5 Å². The molecule has 2 aromatic rings. The lowest BCUT2D eigenvalue weighted by Gasteiger charge is -2.26. The molecular formula is C22H29IN4O3. The van der Waals surface area contributed by atoms with E-state index in [0.29, 0.717) is 30.4 Å². The van der Waals surface area contributed by atoms with Crippen LogP contribution in [-0.2, 0) is 11.3 Å². The Morgan fingerprint density at radius 1 is 1.07 bits per heavy atom. The molecule has 1 amide bonds. The number of aliphatic imine (C=N–C) groups is 1. The summed E-state index contributed by atoms with van der Waals surface area (Å²) in [6, 6.07) is 13.7. The van der Waals surface area contributed by atoms with Crippen LogP contribution in [0.5, 0.6) is 11.5 Å². The number of ether oxygens (including phenoxy) is 2. The number of methoxy groups -OCH3 is 2. The van der Waals surface area contributed by atoms with Crippen LogP contribution in [0.15, 0.2) is 47.5 Å². The van der Waals surface area contributed by atoms with Crippen molar-refractivity contribution in [3.63, 3.8) is 0 Å². The zero-order valence-electron chi connectivity index (χ0n) is 17.6. The largest absolute Gasteiger partial charge is 0.493 e. The third-order valence-corrected chi connectivity index (χ3v) is 4.90. The summed E-state index contributed by atoms with van der Waals surface area (Å²) in [7, 11) is 4.94. The number of nitrogens with zero attached hydrogens (tertiary/aromatic N) is 2. The van der Waals surface area contributed by atoms with Crippen LogP contribution in [0.4, 0.5) is 11.4 Å². The molecule has 0 radical (unpaired) electrons. The van der Waals surface area contributed by atoms with Crippen LogP contribution < -0.4 is 25.0 Å². The van der Waals surface area contributed by atoms with E-state index in [1.165, 1.54) is 0 Å². The first-order chi connectivity index (χ1) is 14.1. The average molecular weight is 524 g/mol. The maximum atomic E-state index is 12.1. The van der Waals surface area contributed by atoms with Crippen LogP contribution >= 0.6 is 24.0 Å². The molecule has 0 bridgehead atoms. The molecule has 3 rings (SSSR count). The van der Waals surface area contributed by atoms with E-state index in [1.54, 1.807) is 21.3 Å². The normalized spacial score (nSPS) is 14.0. The van der Waals surface area contributed by atoms with Gasteiger partial charge in [-0.2, -0.15) is 0 Å². The summed E-state index contributed by atoms with van der Waals surface area (Å²) in [6.07, 6.45) is 2.69. The smallest absolute Gasteiger partial charge is 0.226 e. The summed E-state index contributed by atoms with van der Waals surface area (Å²) >= 11 is 0. The molecule has 0 unspecified atom stereocenters. The fourth-order valence-corrected chi connectivity index (χ4v) is 3.29. The SMILES string of the molecule is CN=C(NCc1ccc(N2CCCCC2=O)cc1)Nc1ccc(OC)c(OC)c1.I. The second-order valence-corrected chi connectivity index (χ2v) is 6.79. The number of piperidine rings is 1. The predicted molar refractivity (Wildman–Crippen MR) is 131 cm³/mol. The molecule has 1 aliphatic rings. The van der Waals surface area contributed by atoms with Crippen molar-refractivity contribution >= 4 is 47.2 Å². The molecule has 1 fully saturated rings. The van der Waals surface area contributed by atoms with E-state index in [4.69, 9.17) is 9.47 Å². The number of hydrogen-bond donors (Lipinski definition) is 2. The first-order valence-electron chi connectivity index (χ1n) is 9.73. The predicted octanol–water partition coefficient (Wildman–Crippen LogP) is 4.03. The summed E-state index contributed by atoms with van der Waals surface area (Å²) in [5.41, 5.74) is 2.91. The zero-order chi connectivity index (χ0) is 20.6. The van der Waals surface area contributed by atoms with Crippen LogP contribution in [-0.4, -0.2) is 39.7 Å². The number of amides is 1. The van der Waals surface area contributed by atoms with Crippen LogP contribution in [0, 0.1) is 0 Å². The molecule has 30 heavy (non-hydrogen) atoms. The van der Waals surface area contributed by atoms with Gasteiger partial charge < -0.3 is 25.0 Å². The van der Waals surface area contributed by atoms with E-state index in [2.05, 4.69) is 15.6 Å². The number of anilines is 2. The van der Waals surface area contributed by atoms with Gasteiger partial charge in [-0.3, -0.25) is 9.79 Å². The number of benzene rings is 2. The summed E-state index contributed by atoms with van der Waals surface area (Å²) in [6.45, 7) is 1.42. The molecule has 8 heteroatoms. The summed E-state index contributed by atoms with van der Waals surface area (Å²) < 4.78 is 10.6. The van der Waals surface area contributed by atoms with Crippen molar-refractivity contribution in [1.82, 2.24) is 5.32 Å². The Kier molecular flexibility index (Phi) is 9.22. The molecule has 2 N–H and O–H groups in total. The van der Waals surface area contributed by atoms with Crippen LogP contribution in [0.2, 0.25) is 0 Å². The summed E-state index contributed by atoms with van der Waals surface area (Å²) in [5, 5.41) is 6.54. The monoisotopic (exact) mass is 524 g/mol. The van der Waals surface area contributed by atoms with Gasteiger partial charge in [0.2, 0.25) is 5.91 Å². The number of carbonyl (C=O) groups is 1. The highest BCUT2D eigenvalue weighted by Gasteiger charge is 2.19. The van der Waals surface area contributed by atoms with Crippen molar-refractivity contribution in [2.45, 2.75) is 25.8 Å². The van der Waals surface area contributed by atoms with Gasteiger partial charge in [0.25, 0.3) is 0 Å². The fraction of sp³-hybridized carbons (Fsp3) is 0.364. The topological polar surface area (TPSA) is 75.2 Å². The van der Waals surface area contributed by atoms with Gasteiger partial charge in [0.15, 0.2) is 17.5 Å². The molecule has 0 saturated carbocycles. The van der Waals surface area contributed by atoms with Gasteiger partial charge in [-0.15, -0.1) is 24.0 Å². The van der Waals surface area contributed by atoms with Gasteiger partial charge in [0, 0.05) is 44.0 Å². The van der Waals surface area contributed by atoms with E-state index in [-0.39, 0.29) is 29.9 Å². The lowest BCUT2D eigenvalue weighted by molar-refractivity contribution is -0.119. The Hall–Kier alpha value is -2.49. The van der Waals surface area contributed by atoms with Gasteiger partial charge >= 0.3 is 0 Å². The Morgan fingerprint density at radius 2 is 1.80 bits per heavy atom. The molecule has 1 aliphatic heterocycles. The van der Waals surface area contributed by atoms with Crippen LogP contribution in [0.3, 0.4) is 0 Å². The maximum Gasteiger partial charge on any atom is 0.226 e. The average Bonchev–Trinajstić information content (AvgIpc) is 2.77. The molecular weight excluding hydrogens is 495 g/mol. The van der Waals surface area contributed by atoms with E-state index in [0.717, 1.165) is 36.3 Å². The molecule has 0 spiro atoms. The van der Waals surface area contributed by atoms with Gasteiger partial charge in [-0.1, -0.05) is 12.1 Å². The van der Waals surface area contributed by atoms with E-state index < -0.39 is 0 Å². The quantitative estimate of drug-likeness (QED) is 0.339. The minimum absolute atomic E-state index is 0. The first-order valence-corrected chi connectivity index (χ1v) is 9.73. The van der Waals surface area contributed by atoms with Gasteiger partial charge in [-0.05, 0) is 42.7 Å². The lowest BCUT2D eigenvalue weighted by atomic mass is 10.1. The highest BCUT2D eigenvalue weighted by Crippen LogP contribution is 2.29. The second kappa shape index (κ2) is 11.6. The molecule has 7 nitrogen and oxygen atoms in total. The number of hydrogen-bond acceptors (Lipinski definition) is 4. The van der Waals surface area contributed by atoms with Gasteiger partial charge in [-0.25, -0.2) is 0 Å². The molecule has 1 heterocycles. The lowest BCUT2D eigenvalue weighted by Crippen LogP contribution is -2.35. The minimum atomic E-state index is 0. The molecule has 162 valence electrons. The van der Waals surface area contributed by atoms with E-state index in [1.807, 2.05) is 47.4 Å². The second-order valence-electron chi connectivity index (χ2n) is 6.79. The molecule has 0 atom stereocenters. The van der Waals surface area contributed by atoms with Gasteiger partial charge in [0.1, 0.15) is 0 Å². The standard InChI is InChI=1S/C22H28N4O3.HI/c1-23-22(25-17-9-12-19(28-2)20(14-17)29-3)24-15-16-7-10-18(11-8-16)26-13-5-4-6-21(26)27;/h7-12,14H,4-6,13,15H2,1-3H3,(H2,23,24,25);1H. The number of nitrogens with one attached hydrogen (secondary N) is 2. The van der Waals surface area contributed by atoms with Gasteiger partial charge in [0.05, 0.1) is 14.2 Å². The van der Waals surface area contributed by atoms with Crippen molar-refractivity contribution in [2.75, 3.05) is 38.0 Å². The van der Waals surface area contributed by atoms with E-state index in [9.17, 15) is 4.79 Å². The fourth-order valence-electron chi connectivity index (χ4n) is 3.29. The third kappa shape index (κ3) is 6.01. The molecule has 2 aromatic carbocycles. The number of rotatable bonds is 6. The molecule has 0 aromatic heterocycles. The Bertz CT molecular complexity index is 871. The number of guanidine groups is 1. The molecule has 0 aliphatic carbocycles. The zero-order valence-corrected chi connectivity index (χ0v) is 19.9. The highest BCUT2D eigenvalue weighted by molar-refractivity contribution is 14.0. The first kappa shape index (κ1) is 23.8. The molecule has 1 saturated heterocycles. The summed E-state index contributed by atoms with van der Waals surface area (Å²) in [4.78, 5) is 18.2. The Morgan fingerprint density at radius 3 is 2.43 bits per heavy atom. The van der Waals surface area contributed by atoms with Crippen molar-refractivity contribution in [1.29, 1.82) is 0 Å². The third-order valence-electron chi connectivity index (χ3n) is 4.90. The van der Waals surface area contributed by atoms with Crippen LogP contribution in [0.1, 0.15) is 24.8 Å². The van der Waals surface area contributed by atoms with Crippen molar-refractivity contribution in [2.24, 2.45) is 4.99 Å². The Balaban J connectivity index is 0.00000320.